The number of carbonyl (C=O) groups excluding carboxylic acids is 1. The van der Waals surface area contributed by atoms with Crippen LogP contribution in [0.5, 0.6) is 0 Å². The number of hydrogen-bond acceptors (Lipinski definition) is 2. The van der Waals surface area contributed by atoms with Crippen molar-refractivity contribution in [2.75, 3.05) is 7.11 Å². The van der Waals surface area contributed by atoms with Crippen molar-refractivity contribution in [3.63, 3.8) is 0 Å². The first-order valence-corrected chi connectivity index (χ1v) is 6.12. The summed E-state index contributed by atoms with van der Waals surface area (Å²) >= 11 is 2.41. The molecule has 0 spiro atoms. The van der Waals surface area contributed by atoms with Gasteiger partial charge in [-0.15, -0.1) is 0 Å². The van der Waals surface area contributed by atoms with Crippen molar-refractivity contribution in [3.8, 4) is 0 Å². The lowest BCUT2D eigenvalue weighted by molar-refractivity contribution is 0.165. The molecule has 0 bridgehead atoms. The molecule has 0 unspecified atom stereocenters. The average molecular weight is 309 g/mol. The molecule has 1 aliphatic rings. The number of alkyl carbamates (subject to hydrolysis) is 1. The molecule has 0 saturated carbocycles. The van der Waals surface area contributed by atoms with Crippen LogP contribution in [0.1, 0.15) is 25.7 Å². The maximum Gasteiger partial charge on any atom is 0.407 e. The number of carbonyl (C=O) groups is 1. The Morgan fingerprint density at radius 2 is 2.07 bits per heavy atom. The van der Waals surface area contributed by atoms with E-state index in [1.807, 2.05) is 0 Å². The van der Waals surface area contributed by atoms with Crippen LogP contribution in [0.4, 0.5) is 4.79 Å². The van der Waals surface area contributed by atoms with E-state index in [0.717, 1.165) is 25.7 Å². The van der Waals surface area contributed by atoms with Gasteiger partial charge in [0.05, 0.1) is 7.11 Å². The Morgan fingerprint density at radius 3 is 2.71 bits per heavy atom. The zero-order chi connectivity index (χ0) is 10.4. The molecule has 14 heavy (non-hydrogen) atoms. The summed E-state index contributed by atoms with van der Waals surface area (Å²) in [7, 11) is 1.40. The van der Waals surface area contributed by atoms with Crippen LogP contribution in [0.25, 0.3) is 0 Å². The lowest BCUT2D eigenvalue weighted by atomic mass is 10.0. The van der Waals surface area contributed by atoms with E-state index in [2.05, 4.69) is 44.8 Å². The lowest BCUT2D eigenvalue weighted by Crippen LogP contribution is -2.41. The zero-order valence-electron chi connectivity index (χ0n) is 8.33. The second-order valence-electron chi connectivity index (χ2n) is 3.38. The number of nitrogens with one attached hydrogen (secondary N) is 1. The van der Waals surface area contributed by atoms with Gasteiger partial charge < -0.3 is 10.1 Å². The van der Waals surface area contributed by atoms with Gasteiger partial charge in [0.25, 0.3) is 0 Å². The maximum absolute atomic E-state index is 11.1. The fourth-order valence-electron chi connectivity index (χ4n) is 1.52. The number of halogens is 1. The van der Waals surface area contributed by atoms with Crippen molar-refractivity contribution < 1.29 is 9.53 Å². The van der Waals surface area contributed by atoms with Crippen molar-refractivity contribution in [1.29, 1.82) is 0 Å². The van der Waals surface area contributed by atoms with Crippen molar-refractivity contribution in [1.82, 2.24) is 5.32 Å². The molecule has 1 aliphatic carbocycles. The average Bonchev–Trinajstić information content (AvgIpc) is 2.17. The van der Waals surface area contributed by atoms with E-state index >= 15 is 0 Å². The summed E-state index contributed by atoms with van der Waals surface area (Å²) in [6.07, 6.45) is 8.35. The highest BCUT2D eigenvalue weighted by molar-refractivity contribution is 14.1. The smallest absolute Gasteiger partial charge is 0.407 e. The van der Waals surface area contributed by atoms with E-state index in [-0.39, 0.29) is 12.1 Å². The highest BCUT2D eigenvalue weighted by Crippen LogP contribution is 2.20. The predicted molar refractivity (Wildman–Crippen MR) is 64.7 cm³/mol. The minimum atomic E-state index is -0.318. The fourth-order valence-corrected chi connectivity index (χ4v) is 2.42. The second kappa shape index (κ2) is 6.27. The molecule has 1 amide bonds. The van der Waals surface area contributed by atoms with Gasteiger partial charge in [0, 0.05) is 9.97 Å². The van der Waals surface area contributed by atoms with Crippen LogP contribution in [0.2, 0.25) is 0 Å². The summed E-state index contributed by atoms with van der Waals surface area (Å²) in [4.78, 5) is 11.1. The Kier molecular flexibility index (Phi) is 5.29. The first-order chi connectivity index (χ1) is 6.74. The summed E-state index contributed by atoms with van der Waals surface area (Å²) < 4.78 is 5.10. The van der Waals surface area contributed by atoms with Gasteiger partial charge in [-0.3, -0.25) is 0 Å². The number of rotatable bonds is 1. The molecule has 2 atom stereocenters. The third-order valence-corrected chi connectivity index (χ3v) is 3.84. The second-order valence-corrected chi connectivity index (χ2v) is 4.98. The normalized spacial score (nSPS) is 29.9. The van der Waals surface area contributed by atoms with E-state index in [9.17, 15) is 4.79 Å². The molecule has 3 nitrogen and oxygen atoms in total. The number of hydrogen-bond donors (Lipinski definition) is 1. The molecule has 1 rings (SSSR count). The predicted octanol–water partition coefficient (Wildman–Crippen LogP) is 2.64. The van der Waals surface area contributed by atoms with Crippen LogP contribution < -0.4 is 5.32 Å². The standard InChI is InChI=1S/C10H16INO2/c1-14-10(13)12-9-7-5-3-2-4-6-8(9)11/h2-3,8-9H,4-7H2,1H3,(H,12,13)/b3-2-/t8-,9-/m0/s1. The summed E-state index contributed by atoms with van der Waals surface area (Å²) in [5.74, 6) is 0. The Hall–Kier alpha value is -0.260. The van der Waals surface area contributed by atoms with Crippen molar-refractivity contribution in [2.24, 2.45) is 0 Å². The van der Waals surface area contributed by atoms with Crippen molar-refractivity contribution >= 4 is 28.7 Å². The SMILES string of the molecule is COC(=O)N[C@H]1CC/C=C\CC[C@@H]1I. The third kappa shape index (κ3) is 3.86. The first-order valence-electron chi connectivity index (χ1n) is 4.87. The van der Waals surface area contributed by atoms with Gasteiger partial charge in [0.1, 0.15) is 0 Å². The molecular weight excluding hydrogens is 293 g/mol. The Balaban J connectivity index is 2.47. The molecule has 4 heteroatoms. The molecule has 0 saturated heterocycles. The van der Waals surface area contributed by atoms with E-state index in [1.54, 1.807) is 0 Å². The molecule has 0 aliphatic heterocycles. The van der Waals surface area contributed by atoms with E-state index < -0.39 is 0 Å². The number of allylic oxidation sites excluding steroid dienone is 2. The minimum Gasteiger partial charge on any atom is -0.453 e. The number of methoxy groups -OCH3 is 1. The quantitative estimate of drug-likeness (QED) is 0.459. The zero-order valence-corrected chi connectivity index (χ0v) is 10.5. The van der Waals surface area contributed by atoms with E-state index in [1.165, 1.54) is 7.11 Å². The lowest BCUT2D eigenvalue weighted by Gasteiger charge is -2.23. The molecule has 0 heterocycles. The first kappa shape index (κ1) is 11.8. The van der Waals surface area contributed by atoms with Gasteiger partial charge in [-0.05, 0) is 25.7 Å². The summed E-state index contributed by atoms with van der Waals surface area (Å²) in [6.45, 7) is 0. The van der Waals surface area contributed by atoms with Crippen LogP contribution in [-0.4, -0.2) is 23.2 Å². The van der Waals surface area contributed by atoms with Crippen LogP contribution in [-0.2, 0) is 4.74 Å². The largest absolute Gasteiger partial charge is 0.453 e. The highest BCUT2D eigenvalue weighted by atomic mass is 127. The molecule has 0 fully saturated rings. The van der Waals surface area contributed by atoms with E-state index in [0.29, 0.717) is 3.92 Å². The van der Waals surface area contributed by atoms with E-state index in [4.69, 9.17) is 0 Å². The van der Waals surface area contributed by atoms with Crippen LogP contribution in [0.3, 0.4) is 0 Å². The highest BCUT2D eigenvalue weighted by Gasteiger charge is 2.20. The third-order valence-electron chi connectivity index (χ3n) is 2.35. The number of amides is 1. The van der Waals surface area contributed by atoms with Crippen LogP contribution in [0, 0.1) is 0 Å². The summed E-state index contributed by atoms with van der Waals surface area (Å²) in [6, 6.07) is 0.244. The van der Waals surface area contributed by atoms with Crippen LogP contribution >= 0.6 is 22.6 Å². The molecule has 0 radical (unpaired) electrons. The summed E-state index contributed by atoms with van der Waals surface area (Å²) in [5, 5.41) is 2.88. The molecule has 0 aromatic rings. The topological polar surface area (TPSA) is 38.3 Å². The van der Waals surface area contributed by atoms with Gasteiger partial charge in [-0.1, -0.05) is 34.7 Å². The number of alkyl halides is 1. The molecular formula is C10H16INO2. The maximum atomic E-state index is 11.1. The van der Waals surface area contributed by atoms with Gasteiger partial charge in [0.15, 0.2) is 0 Å². The molecule has 0 aromatic heterocycles. The number of ether oxygens (including phenoxy) is 1. The monoisotopic (exact) mass is 309 g/mol. The Labute approximate surface area is 98.4 Å². The Bertz CT molecular complexity index is 218. The van der Waals surface area contributed by atoms with Gasteiger partial charge in [-0.25, -0.2) is 4.79 Å². The minimum absolute atomic E-state index is 0.244. The van der Waals surface area contributed by atoms with Crippen molar-refractivity contribution in [2.45, 2.75) is 35.6 Å². The van der Waals surface area contributed by atoms with Gasteiger partial charge in [-0.2, -0.15) is 0 Å². The molecule has 1 N–H and O–H groups in total. The summed E-state index contributed by atoms with van der Waals surface area (Å²) in [5.41, 5.74) is 0. The Morgan fingerprint density at radius 1 is 1.43 bits per heavy atom. The van der Waals surface area contributed by atoms with Gasteiger partial charge >= 0.3 is 6.09 Å². The molecule has 0 aromatic carbocycles. The van der Waals surface area contributed by atoms with Crippen molar-refractivity contribution in [3.05, 3.63) is 12.2 Å². The fraction of sp³-hybridized carbons (Fsp3) is 0.700. The van der Waals surface area contributed by atoms with Gasteiger partial charge in [0.2, 0.25) is 0 Å². The molecule has 80 valence electrons. The van der Waals surface area contributed by atoms with Crippen LogP contribution in [0.15, 0.2) is 12.2 Å².